The van der Waals surface area contributed by atoms with Crippen molar-refractivity contribution in [1.29, 1.82) is 0 Å². The molecule has 1 aliphatic heterocycles. The summed E-state index contributed by atoms with van der Waals surface area (Å²) in [6, 6.07) is 10.5. The Morgan fingerprint density at radius 2 is 1.66 bits per heavy atom. The fraction of sp³-hybridized carbons (Fsp3) is 0.552. The first-order chi connectivity index (χ1) is 16.8. The van der Waals surface area contributed by atoms with Crippen LogP contribution in [0.25, 0.3) is 0 Å². The van der Waals surface area contributed by atoms with E-state index >= 15 is 0 Å². The van der Waals surface area contributed by atoms with Crippen LogP contribution in [-0.4, -0.2) is 28.7 Å². The first-order valence-electron chi connectivity index (χ1n) is 13.1. The van der Waals surface area contributed by atoms with Gasteiger partial charge in [0.15, 0.2) is 0 Å². The Labute approximate surface area is 206 Å². The van der Waals surface area contributed by atoms with Crippen LogP contribution < -0.4 is 4.90 Å². The van der Waals surface area contributed by atoms with E-state index < -0.39 is 11.5 Å². The molecule has 6 heteroatoms. The van der Waals surface area contributed by atoms with Crippen molar-refractivity contribution in [3.8, 4) is 0 Å². The Kier molecular flexibility index (Phi) is 5.39. The van der Waals surface area contributed by atoms with Gasteiger partial charge in [-0.2, -0.15) is 0 Å². The van der Waals surface area contributed by atoms with Crippen LogP contribution in [0.15, 0.2) is 47.1 Å². The minimum atomic E-state index is -0.794. The highest BCUT2D eigenvalue weighted by Crippen LogP contribution is 2.60. The van der Waals surface area contributed by atoms with Gasteiger partial charge < -0.3 is 9.32 Å². The molecule has 5 aliphatic rings. The van der Waals surface area contributed by atoms with E-state index in [-0.39, 0.29) is 30.7 Å². The van der Waals surface area contributed by atoms with Gasteiger partial charge in [0.1, 0.15) is 11.8 Å². The van der Waals surface area contributed by atoms with Crippen molar-refractivity contribution in [1.82, 2.24) is 4.90 Å². The highest BCUT2D eigenvalue weighted by Gasteiger charge is 2.57. The normalized spacial score (nSPS) is 31.6. The monoisotopic (exact) mass is 474 g/mol. The van der Waals surface area contributed by atoms with Crippen LogP contribution >= 0.6 is 0 Å². The molecule has 5 fully saturated rings. The van der Waals surface area contributed by atoms with Crippen LogP contribution in [0.2, 0.25) is 0 Å². The molecule has 1 aromatic carbocycles. The first-order valence-corrected chi connectivity index (χ1v) is 13.1. The smallest absolute Gasteiger partial charge is 0.257 e. The zero-order valence-electron chi connectivity index (χ0n) is 20.6. The Bertz CT molecular complexity index is 1100. The standard InChI is InChI=1S/C29H34N2O4/c1-18(2)22-5-7-23(8-6-22)31-26(32)13-25(27(31)33)30(17-24-4-3-9-35-24)28(34)29-14-19-10-20(15-29)12-21(11-19)16-29/h3-9,18-21,25H,10-17H2,1-2H3. The van der Waals surface area contributed by atoms with Crippen molar-refractivity contribution in [3.63, 3.8) is 0 Å². The quantitative estimate of drug-likeness (QED) is 0.534. The summed E-state index contributed by atoms with van der Waals surface area (Å²) in [6.07, 6.45) is 8.09. The third kappa shape index (κ3) is 3.82. The lowest BCUT2D eigenvalue weighted by Gasteiger charge is -2.56. The minimum Gasteiger partial charge on any atom is -0.467 e. The second-order valence-electron chi connectivity index (χ2n) is 11.7. The molecule has 0 spiro atoms. The molecule has 4 aliphatic carbocycles. The number of benzene rings is 1. The molecule has 4 saturated carbocycles. The average molecular weight is 475 g/mol. The molecule has 1 atom stereocenters. The molecule has 2 aromatic rings. The molecule has 1 saturated heterocycles. The van der Waals surface area contributed by atoms with E-state index in [4.69, 9.17) is 4.42 Å². The lowest BCUT2D eigenvalue weighted by molar-refractivity contribution is -0.162. The molecule has 0 N–H and O–H groups in total. The Morgan fingerprint density at radius 3 is 2.20 bits per heavy atom. The molecule has 1 aromatic heterocycles. The molecule has 35 heavy (non-hydrogen) atoms. The Hall–Kier alpha value is -2.89. The maximum atomic E-state index is 14.3. The number of carbonyl (C=O) groups excluding carboxylic acids is 3. The summed E-state index contributed by atoms with van der Waals surface area (Å²) in [5, 5.41) is 0. The fourth-order valence-electron chi connectivity index (χ4n) is 7.71. The predicted octanol–water partition coefficient (Wildman–Crippen LogP) is 5.28. The van der Waals surface area contributed by atoms with Crippen molar-refractivity contribution in [2.75, 3.05) is 4.90 Å². The molecule has 0 radical (unpaired) electrons. The van der Waals surface area contributed by atoms with Gasteiger partial charge in [-0.25, -0.2) is 4.90 Å². The van der Waals surface area contributed by atoms with E-state index in [1.165, 1.54) is 24.2 Å². The van der Waals surface area contributed by atoms with Crippen molar-refractivity contribution in [2.24, 2.45) is 23.2 Å². The third-order valence-electron chi connectivity index (χ3n) is 8.98. The molecular weight excluding hydrogens is 440 g/mol. The summed E-state index contributed by atoms with van der Waals surface area (Å²) in [7, 11) is 0. The second kappa shape index (κ2) is 8.35. The summed E-state index contributed by atoms with van der Waals surface area (Å²) < 4.78 is 5.60. The molecule has 2 heterocycles. The first kappa shape index (κ1) is 22.6. The number of amides is 3. The zero-order chi connectivity index (χ0) is 24.3. The minimum absolute atomic E-state index is 0.0174. The number of rotatable bonds is 6. The Morgan fingerprint density at radius 1 is 1.03 bits per heavy atom. The summed E-state index contributed by atoms with van der Waals surface area (Å²) in [6.45, 7) is 4.44. The van der Waals surface area contributed by atoms with Gasteiger partial charge in [-0.15, -0.1) is 0 Å². The van der Waals surface area contributed by atoms with Crippen LogP contribution in [0.3, 0.4) is 0 Å². The molecule has 7 rings (SSSR count). The number of hydrogen-bond acceptors (Lipinski definition) is 4. The van der Waals surface area contributed by atoms with Crippen LogP contribution in [0.4, 0.5) is 5.69 Å². The maximum Gasteiger partial charge on any atom is 0.257 e. The number of imide groups is 1. The largest absolute Gasteiger partial charge is 0.467 e. The highest BCUT2D eigenvalue weighted by atomic mass is 16.3. The number of furan rings is 1. The number of hydrogen-bond donors (Lipinski definition) is 0. The summed E-state index contributed by atoms with van der Waals surface area (Å²) in [5.41, 5.74) is 1.34. The average Bonchev–Trinajstić information content (AvgIpc) is 3.43. The molecule has 4 bridgehead atoms. The van der Waals surface area contributed by atoms with Gasteiger partial charge in [0.05, 0.1) is 30.3 Å². The number of anilines is 1. The molecular formula is C29H34N2O4. The van der Waals surface area contributed by atoms with Gasteiger partial charge in [0, 0.05) is 0 Å². The summed E-state index contributed by atoms with van der Waals surface area (Å²) in [5.74, 6) is 2.35. The van der Waals surface area contributed by atoms with E-state index in [1.54, 1.807) is 17.2 Å². The molecule has 1 unspecified atom stereocenters. The van der Waals surface area contributed by atoms with Crippen LogP contribution in [-0.2, 0) is 20.9 Å². The van der Waals surface area contributed by atoms with Crippen molar-refractivity contribution in [3.05, 3.63) is 54.0 Å². The predicted molar refractivity (Wildman–Crippen MR) is 131 cm³/mol. The summed E-state index contributed by atoms with van der Waals surface area (Å²) >= 11 is 0. The highest BCUT2D eigenvalue weighted by molar-refractivity contribution is 6.23. The van der Waals surface area contributed by atoms with E-state index in [9.17, 15) is 14.4 Å². The maximum absolute atomic E-state index is 14.3. The lowest BCUT2D eigenvalue weighted by atomic mass is 9.49. The van der Waals surface area contributed by atoms with Gasteiger partial charge in [-0.05, 0) is 92.0 Å². The van der Waals surface area contributed by atoms with Crippen LogP contribution in [0.5, 0.6) is 0 Å². The van der Waals surface area contributed by atoms with E-state index in [0.29, 0.717) is 35.1 Å². The Balaban J connectivity index is 1.31. The van der Waals surface area contributed by atoms with Crippen molar-refractivity contribution in [2.45, 2.75) is 77.3 Å². The van der Waals surface area contributed by atoms with Gasteiger partial charge in [0.25, 0.3) is 5.91 Å². The van der Waals surface area contributed by atoms with Crippen molar-refractivity contribution < 1.29 is 18.8 Å². The second-order valence-corrected chi connectivity index (χ2v) is 11.7. The van der Waals surface area contributed by atoms with Gasteiger partial charge in [-0.3, -0.25) is 14.4 Å². The van der Waals surface area contributed by atoms with E-state index in [0.717, 1.165) is 24.8 Å². The lowest BCUT2D eigenvalue weighted by Crippen LogP contribution is -2.57. The topological polar surface area (TPSA) is 70.8 Å². The SMILES string of the molecule is CC(C)c1ccc(N2C(=O)CC(N(Cc3ccco3)C(=O)C34CC5CC(CC(C5)C3)C4)C2=O)cc1. The van der Waals surface area contributed by atoms with Crippen molar-refractivity contribution >= 4 is 23.4 Å². The fourth-order valence-corrected chi connectivity index (χ4v) is 7.71. The number of carbonyl (C=O) groups is 3. The van der Waals surface area contributed by atoms with Gasteiger partial charge in [-0.1, -0.05) is 26.0 Å². The zero-order valence-corrected chi connectivity index (χ0v) is 20.6. The van der Waals surface area contributed by atoms with E-state index in [1.807, 2.05) is 30.3 Å². The number of nitrogens with zero attached hydrogens (tertiary/aromatic N) is 2. The molecule has 184 valence electrons. The van der Waals surface area contributed by atoms with Gasteiger partial charge >= 0.3 is 0 Å². The van der Waals surface area contributed by atoms with Crippen LogP contribution in [0.1, 0.15) is 76.0 Å². The summed E-state index contributed by atoms with van der Waals surface area (Å²) in [4.78, 5) is 44.1. The molecule has 3 amide bonds. The third-order valence-corrected chi connectivity index (χ3v) is 8.98. The van der Waals surface area contributed by atoms with Crippen LogP contribution in [0, 0.1) is 23.2 Å². The molecule has 6 nitrogen and oxygen atoms in total. The van der Waals surface area contributed by atoms with Gasteiger partial charge in [0.2, 0.25) is 11.8 Å². The van der Waals surface area contributed by atoms with E-state index in [2.05, 4.69) is 13.8 Å².